The molecule has 8 nitrogen and oxygen atoms in total. The van der Waals surface area contributed by atoms with E-state index in [1.165, 1.54) is 0 Å². The molecule has 0 aliphatic carbocycles. The molecule has 1 aliphatic rings. The fourth-order valence-electron chi connectivity index (χ4n) is 3.23. The first-order chi connectivity index (χ1) is 14.6. The van der Waals surface area contributed by atoms with Gasteiger partial charge in [-0.2, -0.15) is 0 Å². The molecule has 0 saturated carbocycles. The zero-order chi connectivity index (χ0) is 22.6. The van der Waals surface area contributed by atoms with Crippen molar-refractivity contribution in [3.05, 3.63) is 53.1 Å². The number of carbonyl (C=O) groups excluding carboxylic acids is 3. The molecule has 0 spiro atoms. The van der Waals surface area contributed by atoms with E-state index in [1.54, 1.807) is 18.2 Å². The van der Waals surface area contributed by atoms with Crippen LogP contribution in [0.1, 0.15) is 30.5 Å². The molecule has 0 radical (unpaired) electrons. The van der Waals surface area contributed by atoms with Gasteiger partial charge < -0.3 is 19.5 Å². The Bertz CT molecular complexity index is 1020. The van der Waals surface area contributed by atoms with Gasteiger partial charge in [0.15, 0.2) is 24.7 Å². The highest BCUT2D eigenvalue weighted by molar-refractivity contribution is 6.02. The van der Waals surface area contributed by atoms with E-state index in [1.807, 2.05) is 45.9 Å². The number of benzene rings is 2. The van der Waals surface area contributed by atoms with Crippen molar-refractivity contribution in [1.82, 2.24) is 5.32 Å². The van der Waals surface area contributed by atoms with Crippen LogP contribution >= 0.6 is 0 Å². The molecule has 2 N–H and O–H groups in total. The van der Waals surface area contributed by atoms with Gasteiger partial charge in [0.2, 0.25) is 0 Å². The number of hydrogen-bond acceptors (Lipinski definition) is 6. The molecule has 2 aromatic carbocycles. The highest BCUT2D eigenvalue weighted by atomic mass is 16.6. The molecule has 3 rings (SSSR count). The minimum absolute atomic E-state index is 0.335. The molecule has 0 unspecified atom stereocenters. The van der Waals surface area contributed by atoms with Crippen molar-refractivity contribution >= 4 is 23.6 Å². The molecule has 0 aromatic heterocycles. The van der Waals surface area contributed by atoms with Crippen molar-refractivity contribution in [1.29, 1.82) is 0 Å². The molecular weight excluding hydrogens is 400 g/mol. The Morgan fingerprint density at radius 2 is 1.81 bits per heavy atom. The molecule has 8 heteroatoms. The smallest absolute Gasteiger partial charge is 0.344 e. The zero-order valence-electron chi connectivity index (χ0n) is 18.0. The Kier molecular flexibility index (Phi) is 6.48. The summed E-state index contributed by atoms with van der Waals surface area (Å²) in [4.78, 5) is 35.8. The van der Waals surface area contributed by atoms with E-state index in [2.05, 4.69) is 10.6 Å². The summed E-state index contributed by atoms with van der Waals surface area (Å²) in [5.41, 5.74) is 3.17. The summed E-state index contributed by atoms with van der Waals surface area (Å²) in [6, 6.07) is 10.2. The highest BCUT2D eigenvalue weighted by Gasteiger charge is 2.32. The van der Waals surface area contributed by atoms with E-state index in [9.17, 15) is 14.4 Å². The number of aryl methyl sites for hydroxylation is 1. The third kappa shape index (κ3) is 5.75. The predicted molar refractivity (Wildman–Crippen MR) is 114 cm³/mol. The average molecular weight is 426 g/mol. The van der Waals surface area contributed by atoms with Crippen molar-refractivity contribution in [3.8, 4) is 11.5 Å². The van der Waals surface area contributed by atoms with Crippen LogP contribution in [-0.2, 0) is 20.7 Å². The number of ether oxygens (including phenoxy) is 3. The zero-order valence-corrected chi connectivity index (χ0v) is 18.0. The average Bonchev–Trinajstić information content (AvgIpc) is 3.02. The summed E-state index contributed by atoms with van der Waals surface area (Å²) in [6.45, 7) is 6.74. The third-order valence-electron chi connectivity index (χ3n) is 4.87. The molecule has 3 amide bonds. The Labute approximate surface area is 180 Å². The Morgan fingerprint density at radius 3 is 2.58 bits per heavy atom. The predicted octanol–water partition coefficient (Wildman–Crippen LogP) is 3.29. The Balaban J connectivity index is 1.43. The maximum Gasteiger partial charge on any atom is 0.344 e. The number of hydrogen-bond donors (Lipinski definition) is 2. The van der Waals surface area contributed by atoms with Gasteiger partial charge in [-0.3, -0.25) is 10.1 Å². The number of rotatable bonds is 6. The van der Waals surface area contributed by atoms with Crippen LogP contribution in [-0.4, -0.2) is 36.7 Å². The number of urea groups is 1. The molecule has 0 atom stereocenters. The fraction of sp³-hybridized carbons (Fsp3) is 0.348. The van der Waals surface area contributed by atoms with Crippen LogP contribution in [0.25, 0.3) is 0 Å². The SMILES string of the molecule is Cc1cccc(NC(=O)NC(=O)COC(=O)COc2cccc3c2OC(C)(C)C3)c1C. The molecule has 2 aromatic rings. The van der Waals surface area contributed by atoms with E-state index in [0.29, 0.717) is 17.2 Å². The van der Waals surface area contributed by atoms with E-state index in [-0.39, 0.29) is 12.2 Å². The molecule has 1 heterocycles. The van der Waals surface area contributed by atoms with Gasteiger partial charge in [-0.05, 0) is 51.0 Å². The Hall–Kier alpha value is -3.55. The van der Waals surface area contributed by atoms with E-state index in [4.69, 9.17) is 14.2 Å². The van der Waals surface area contributed by atoms with Crippen molar-refractivity contribution in [2.45, 2.75) is 39.7 Å². The largest absolute Gasteiger partial charge is 0.483 e. The van der Waals surface area contributed by atoms with Gasteiger partial charge in [0.05, 0.1) is 0 Å². The number of nitrogens with one attached hydrogen (secondary N) is 2. The number of para-hydroxylation sites is 1. The molecule has 0 fully saturated rings. The lowest BCUT2D eigenvalue weighted by Crippen LogP contribution is -2.37. The van der Waals surface area contributed by atoms with E-state index < -0.39 is 24.5 Å². The summed E-state index contributed by atoms with van der Waals surface area (Å²) in [5.74, 6) is -0.430. The summed E-state index contributed by atoms with van der Waals surface area (Å²) in [6.07, 6.45) is 0.744. The number of carbonyl (C=O) groups is 3. The molecule has 0 bridgehead atoms. The second-order valence-corrected chi connectivity index (χ2v) is 7.98. The van der Waals surface area contributed by atoms with E-state index in [0.717, 1.165) is 23.1 Å². The summed E-state index contributed by atoms with van der Waals surface area (Å²) in [5, 5.41) is 4.72. The van der Waals surface area contributed by atoms with Crippen LogP contribution in [0.4, 0.5) is 10.5 Å². The van der Waals surface area contributed by atoms with Gasteiger partial charge in [-0.15, -0.1) is 0 Å². The van der Waals surface area contributed by atoms with Crippen LogP contribution < -0.4 is 20.1 Å². The second kappa shape index (κ2) is 9.07. The van der Waals surface area contributed by atoms with Crippen LogP contribution in [0.15, 0.2) is 36.4 Å². The summed E-state index contributed by atoms with van der Waals surface area (Å²) in [7, 11) is 0. The van der Waals surface area contributed by atoms with Gasteiger partial charge in [0, 0.05) is 17.7 Å². The Morgan fingerprint density at radius 1 is 1.06 bits per heavy atom. The minimum atomic E-state index is -0.748. The van der Waals surface area contributed by atoms with Crippen LogP contribution in [0.5, 0.6) is 11.5 Å². The topological polar surface area (TPSA) is 103 Å². The second-order valence-electron chi connectivity index (χ2n) is 7.98. The van der Waals surface area contributed by atoms with Crippen LogP contribution in [0.3, 0.4) is 0 Å². The summed E-state index contributed by atoms with van der Waals surface area (Å²) >= 11 is 0. The van der Waals surface area contributed by atoms with Crippen molar-refractivity contribution in [2.75, 3.05) is 18.5 Å². The first-order valence-electron chi connectivity index (χ1n) is 9.91. The van der Waals surface area contributed by atoms with Crippen molar-refractivity contribution < 1.29 is 28.6 Å². The van der Waals surface area contributed by atoms with Gasteiger partial charge >= 0.3 is 12.0 Å². The molecule has 1 aliphatic heterocycles. The van der Waals surface area contributed by atoms with Gasteiger partial charge in [0.1, 0.15) is 5.60 Å². The first kappa shape index (κ1) is 22.1. The third-order valence-corrected chi connectivity index (χ3v) is 4.87. The van der Waals surface area contributed by atoms with Crippen LogP contribution in [0.2, 0.25) is 0 Å². The number of anilines is 1. The molecule has 31 heavy (non-hydrogen) atoms. The summed E-state index contributed by atoms with van der Waals surface area (Å²) < 4.78 is 16.3. The van der Waals surface area contributed by atoms with Gasteiger partial charge in [-0.1, -0.05) is 24.3 Å². The number of esters is 1. The number of imide groups is 1. The molecule has 0 saturated heterocycles. The number of amides is 3. The molecule has 164 valence electrons. The van der Waals surface area contributed by atoms with Crippen molar-refractivity contribution in [3.63, 3.8) is 0 Å². The maximum absolute atomic E-state index is 12.0. The normalized spacial score (nSPS) is 13.5. The lowest BCUT2D eigenvalue weighted by atomic mass is 10.0. The van der Waals surface area contributed by atoms with Gasteiger partial charge in [-0.25, -0.2) is 9.59 Å². The monoisotopic (exact) mass is 426 g/mol. The number of fused-ring (bicyclic) bond motifs is 1. The molecular formula is C23H26N2O6. The lowest BCUT2D eigenvalue weighted by Gasteiger charge is -2.18. The van der Waals surface area contributed by atoms with E-state index >= 15 is 0 Å². The standard InChI is InChI=1S/C23H26N2O6/c1-14-7-5-9-17(15(14)2)24-22(28)25-19(26)12-30-20(27)13-29-18-10-6-8-16-11-23(3,4)31-21(16)18/h5-10H,11-13H2,1-4H3,(H2,24,25,26,28). The highest BCUT2D eigenvalue weighted by Crippen LogP contribution is 2.41. The fourth-order valence-corrected chi connectivity index (χ4v) is 3.23. The van der Waals surface area contributed by atoms with Crippen LogP contribution in [0, 0.1) is 13.8 Å². The van der Waals surface area contributed by atoms with Crippen molar-refractivity contribution in [2.24, 2.45) is 0 Å². The lowest BCUT2D eigenvalue weighted by molar-refractivity contribution is -0.150. The maximum atomic E-state index is 12.0. The first-order valence-corrected chi connectivity index (χ1v) is 9.91. The quantitative estimate of drug-likeness (QED) is 0.687. The minimum Gasteiger partial charge on any atom is -0.483 e. The van der Waals surface area contributed by atoms with Gasteiger partial charge in [0.25, 0.3) is 5.91 Å².